The van der Waals surface area contributed by atoms with Crippen LogP contribution in [0, 0.1) is 5.82 Å². The molecule has 0 aliphatic carbocycles. The highest BCUT2D eigenvalue weighted by molar-refractivity contribution is 7.35. The van der Waals surface area contributed by atoms with Crippen LogP contribution in [0.4, 0.5) is 10.1 Å². The maximum atomic E-state index is 12.8. The van der Waals surface area contributed by atoms with E-state index in [4.69, 9.17) is 11.6 Å². The molecule has 2 aromatic carbocycles. The zero-order valence-electron chi connectivity index (χ0n) is 9.06. The Bertz CT molecular complexity index is 759. The number of fused-ring (bicyclic) bond motifs is 1. The average Bonchev–Trinajstić information content (AvgIpc) is 2.73. The quantitative estimate of drug-likeness (QED) is 0.600. The van der Waals surface area contributed by atoms with Gasteiger partial charge in [-0.15, -0.1) is 22.7 Å². The lowest BCUT2D eigenvalue weighted by Gasteiger charge is -1.89. The van der Waals surface area contributed by atoms with Gasteiger partial charge in [0.15, 0.2) is 3.98 Å². The lowest BCUT2D eigenvalue weighted by atomic mass is 10.3. The third kappa shape index (κ3) is 2.46. The number of rotatable bonds is 1. The Hall–Kier alpha value is -1.23. The fourth-order valence-electron chi connectivity index (χ4n) is 1.52. The molecule has 0 N–H and O–H groups in total. The number of hydrogen-bond donors (Lipinski definition) is 0. The Morgan fingerprint density at radius 1 is 0.944 bits per heavy atom. The molecule has 0 radical (unpaired) electrons. The number of benzene rings is 2. The Kier molecular flexibility index (Phi) is 3.16. The lowest BCUT2D eigenvalue weighted by molar-refractivity contribution is 0.628. The van der Waals surface area contributed by atoms with Crippen molar-refractivity contribution in [1.82, 2.24) is 0 Å². The lowest BCUT2D eigenvalue weighted by Crippen LogP contribution is -1.83. The third-order valence-corrected chi connectivity index (χ3v) is 4.88. The summed E-state index contributed by atoms with van der Waals surface area (Å²) in [5.74, 6) is -0.249. The maximum absolute atomic E-state index is 12.8. The molecule has 0 amide bonds. The molecule has 0 bridgehead atoms. The van der Waals surface area contributed by atoms with Crippen LogP contribution in [0.3, 0.4) is 0 Å². The van der Waals surface area contributed by atoms with Gasteiger partial charge in [0.25, 0.3) is 0 Å². The van der Waals surface area contributed by atoms with Crippen LogP contribution in [-0.4, -0.2) is 0 Å². The van der Waals surface area contributed by atoms with Gasteiger partial charge in [-0.1, -0.05) is 11.6 Å². The van der Waals surface area contributed by atoms with Crippen LogP contribution in [0.25, 0.3) is 9.40 Å². The van der Waals surface area contributed by atoms with E-state index in [1.165, 1.54) is 12.1 Å². The van der Waals surface area contributed by atoms with Crippen molar-refractivity contribution in [3.8, 4) is 0 Å². The zero-order chi connectivity index (χ0) is 12.5. The molecule has 90 valence electrons. The minimum atomic E-state index is -0.249. The maximum Gasteiger partial charge on any atom is 0.172 e. The summed E-state index contributed by atoms with van der Waals surface area (Å²) < 4.78 is 16.0. The predicted molar refractivity (Wildman–Crippen MR) is 76.3 cm³/mol. The molecule has 1 nitrogen and oxygen atoms in total. The standard InChI is InChI=1S/C13H7ClFNS2/c14-8-1-6-11-12(7-8)18-13(17-11)16-10-4-2-9(15)3-5-10/h1-7H. The van der Waals surface area contributed by atoms with Crippen molar-refractivity contribution in [2.75, 3.05) is 0 Å². The smallest absolute Gasteiger partial charge is 0.172 e. The van der Waals surface area contributed by atoms with E-state index in [0.29, 0.717) is 0 Å². The van der Waals surface area contributed by atoms with E-state index in [0.717, 1.165) is 24.1 Å². The molecule has 5 heteroatoms. The summed E-state index contributed by atoms with van der Waals surface area (Å²) >= 11 is 9.13. The Morgan fingerprint density at radius 3 is 2.44 bits per heavy atom. The van der Waals surface area contributed by atoms with Crippen molar-refractivity contribution in [2.45, 2.75) is 0 Å². The van der Waals surface area contributed by atoms with Crippen molar-refractivity contribution in [3.63, 3.8) is 0 Å². The van der Waals surface area contributed by atoms with E-state index < -0.39 is 0 Å². The highest BCUT2D eigenvalue weighted by atomic mass is 35.5. The Morgan fingerprint density at radius 2 is 1.67 bits per heavy atom. The molecule has 18 heavy (non-hydrogen) atoms. The fraction of sp³-hybridized carbons (Fsp3) is 0. The summed E-state index contributed by atoms with van der Waals surface area (Å²) in [7, 11) is 0. The predicted octanol–water partition coefficient (Wildman–Crippen LogP) is 4.99. The summed E-state index contributed by atoms with van der Waals surface area (Å²) in [5.41, 5.74) is 0.755. The molecule has 0 atom stereocenters. The number of halogens is 2. The summed E-state index contributed by atoms with van der Waals surface area (Å²) in [6.07, 6.45) is 0. The third-order valence-electron chi connectivity index (χ3n) is 2.35. The van der Waals surface area contributed by atoms with Crippen LogP contribution in [0.5, 0.6) is 0 Å². The molecule has 0 saturated heterocycles. The molecule has 0 saturated carbocycles. The van der Waals surface area contributed by atoms with Crippen LogP contribution < -0.4 is 3.98 Å². The first-order valence-corrected chi connectivity index (χ1v) is 7.21. The van der Waals surface area contributed by atoms with Crippen LogP contribution in [0.2, 0.25) is 5.02 Å². The van der Waals surface area contributed by atoms with Crippen LogP contribution in [0.15, 0.2) is 47.5 Å². The zero-order valence-corrected chi connectivity index (χ0v) is 11.5. The van der Waals surface area contributed by atoms with Gasteiger partial charge in [0.1, 0.15) is 5.82 Å². The van der Waals surface area contributed by atoms with Crippen LogP contribution in [0.1, 0.15) is 0 Å². The number of hydrogen-bond acceptors (Lipinski definition) is 3. The fourth-order valence-corrected chi connectivity index (χ4v) is 4.04. The van der Waals surface area contributed by atoms with Crippen LogP contribution in [-0.2, 0) is 0 Å². The molecule has 0 aliphatic rings. The van der Waals surface area contributed by atoms with E-state index in [1.807, 2.05) is 18.2 Å². The topological polar surface area (TPSA) is 12.4 Å². The molecular formula is C13H7ClFNS2. The normalized spacial score (nSPS) is 12.2. The highest BCUT2D eigenvalue weighted by Crippen LogP contribution is 2.25. The van der Waals surface area contributed by atoms with Gasteiger partial charge in [-0.3, -0.25) is 0 Å². The van der Waals surface area contributed by atoms with Crippen LogP contribution >= 0.6 is 34.3 Å². The van der Waals surface area contributed by atoms with E-state index in [2.05, 4.69) is 4.99 Å². The first-order chi connectivity index (χ1) is 8.70. The summed E-state index contributed by atoms with van der Waals surface area (Å²) in [6.45, 7) is 0. The van der Waals surface area contributed by atoms with E-state index in [9.17, 15) is 4.39 Å². The molecule has 1 aromatic heterocycles. The van der Waals surface area contributed by atoms with Gasteiger partial charge in [0.05, 0.1) is 5.69 Å². The molecule has 0 fully saturated rings. The van der Waals surface area contributed by atoms with E-state index in [-0.39, 0.29) is 5.82 Å². The van der Waals surface area contributed by atoms with Crippen molar-refractivity contribution < 1.29 is 4.39 Å². The number of nitrogens with zero attached hydrogens (tertiary/aromatic N) is 1. The Labute approximate surface area is 116 Å². The minimum Gasteiger partial charge on any atom is -0.228 e. The van der Waals surface area contributed by atoms with Crippen molar-refractivity contribution in [1.29, 1.82) is 0 Å². The van der Waals surface area contributed by atoms with Gasteiger partial charge in [-0.05, 0) is 42.5 Å². The van der Waals surface area contributed by atoms with Gasteiger partial charge in [0, 0.05) is 14.4 Å². The van der Waals surface area contributed by atoms with Crippen molar-refractivity contribution >= 4 is 49.4 Å². The summed E-state index contributed by atoms with van der Waals surface area (Å²) in [6, 6.07) is 11.9. The summed E-state index contributed by atoms with van der Waals surface area (Å²) in [5, 5.41) is 0.727. The van der Waals surface area contributed by atoms with Gasteiger partial charge < -0.3 is 0 Å². The molecule has 0 spiro atoms. The van der Waals surface area contributed by atoms with Gasteiger partial charge in [-0.2, -0.15) is 0 Å². The molecule has 3 aromatic rings. The first-order valence-electron chi connectivity index (χ1n) is 5.20. The van der Waals surface area contributed by atoms with Crippen molar-refractivity contribution in [3.05, 3.63) is 57.3 Å². The largest absolute Gasteiger partial charge is 0.228 e. The molecular weight excluding hydrogens is 289 g/mol. The molecule has 0 unspecified atom stereocenters. The average molecular weight is 296 g/mol. The molecule has 0 aliphatic heterocycles. The molecule has 1 heterocycles. The second-order valence-electron chi connectivity index (χ2n) is 3.65. The minimum absolute atomic E-state index is 0.249. The summed E-state index contributed by atoms with van der Waals surface area (Å²) in [4.78, 5) is 4.48. The second-order valence-corrected chi connectivity index (χ2v) is 6.41. The monoisotopic (exact) mass is 295 g/mol. The van der Waals surface area contributed by atoms with E-state index in [1.54, 1.807) is 34.8 Å². The molecule has 3 rings (SSSR count). The SMILES string of the molecule is Fc1ccc(N=c2sc3ccc(Cl)cc3s2)cc1. The van der Waals surface area contributed by atoms with Gasteiger partial charge in [-0.25, -0.2) is 9.38 Å². The Balaban J connectivity index is 2.11. The van der Waals surface area contributed by atoms with Gasteiger partial charge in [0.2, 0.25) is 0 Å². The second kappa shape index (κ2) is 4.80. The van der Waals surface area contributed by atoms with E-state index >= 15 is 0 Å². The van der Waals surface area contributed by atoms with Gasteiger partial charge >= 0.3 is 0 Å². The first kappa shape index (κ1) is 11.8. The van der Waals surface area contributed by atoms with Crippen molar-refractivity contribution in [2.24, 2.45) is 4.99 Å². The highest BCUT2D eigenvalue weighted by Gasteiger charge is 2.00.